The first-order valence-corrected chi connectivity index (χ1v) is 7.06. The van der Waals surface area contributed by atoms with E-state index in [0.717, 1.165) is 10.1 Å². The number of benzene rings is 1. The van der Waals surface area contributed by atoms with Crippen LogP contribution in [0.2, 0.25) is 0 Å². The van der Waals surface area contributed by atoms with Gasteiger partial charge >= 0.3 is 5.69 Å². The lowest BCUT2D eigenvalue weighted by Gasteiger charge is -2.28. The summed E-state index contributed by atoms with van der Waals surface area (Å²) >= 11 is 0. The zero-order valence-electron chi connectivity index (χ0n) is 12.7. The summed E-state index contributed by atoms with van der Waals surface area (Å²) in [5.74, 6) is -0.984. The number of nitriles is 1. The number of amidine groups is 1. The van der Waals surface area contributed by atoms with E-state index in [9.17, 15) is 14.9 Å². The number of hydrogen-bond acceptors (Lipinski definition) is 5. The van der Waals surface area contributed by atoms with Crippen LogP contribution in [0.4, 0.5) is 5.82 Å². The van der Waals surface area contributed by atoms with Gasteiger partial charge in [0.25, 0.3) is 5.56 Å². The fraction of sp³-hybridized carbons (Fsp3) is 0.250. The van der Waals surface area contributed by atoms with Crippen molar-refractivity contribution < 1.29 is 0 Å². The van der Waals surface area contributed by atoms with Crippen molar-refractivity contribution in [2.75, 3.05) is 0 Å². The summed E-state index contributed by atoms with van der Waals surface area (Å²) in [4.78, 5) is 28.9. The van der Waals surface area contributed by atoms with E-state index in [1.54, 1.807) is 0 Å². The molecule has 0 amide bonds. The summed E-state index contributed by atoms with van der Waals surface area (Å²) < 4.78 is 2.31. The van der Waals surface area contributed by atoms with Crippen LogP contribution in [0.15, 0.2) is 44.9 Å². The van der Waals surface area contributed by atoms with Crippen molar-refractivity contribution in [2.24, 2.45) is 30.7 Å². The third-order valence-corrected chi connectivity index (χ3v) is 4.16. The van der Waals surface area contributed by atoms with Gasteiger partial charge in [0.15, 0.2) is 0 Å². The summed E-state index contributed by atoms with van der Waals surface area (Å²) in [5, 5.41) is 9.51. The van der Waals surface area contributed by atoms with E-state index in [2.05, 4.69) is 11.1 Å². The smallest absolute Gasteiger partial charge is 0.332 e. The number of aromatic nitrogens is 2. The van der Waals surface area contributed by atoms with E-state index in [1.807, 2.05) is 30.3 Å². The normalized spacial score (nSPS) is 19.6. The molecule has 0 fully saturated rings. The largest absolute Gasteiger partial charge is 0.386 e. The van der Waals surface area contributed by atoms with Gasteiger partial charge in [0, 0.05) is 20.0 Å². The van der Waals surface area contributed by atoms with E-state index >= 15 is 0 Å². The Morgan fingerprint density at radius 2 is 1.83 bits per heavy atom. The molecule has 2 aromatic rings. The number of aliphatic imine (C=N–C) groups is 1. The highest BCUT2D eigenvalue weighted by atomic mass is 16.2. The molecular weight excluding hydrogens is 294 g/mol. The van der Waals surface area contributed by atoms with Crippen LogP contribution in [0.3, 0.4) is 0 Å². The highest BCUT2D eigenvalue weighted by molar-refractivity contribution is 5.91. The number of hydrogen-bond donors (Lipinski definition) is 1. The van der Waals surface area contributed by atoms with Crippen molar-refractivity contribution in [1.82, 2.24) is 9.13 Å². The van der Waals surface area contributed by atoms with Crippen LogP contribution in [0, 0.1) is 17.2 Å². The van der Waals surface area contributed by atoms with E-state index in [1.165, 1.54) is 18.7 Å². The third kappa shape index (κ3) is 2.07. The second-order valence-electron chi connectivity index (χ2n) is 5.47. The zero-order chi connectivity index (χ0) is 16.7. The number of nitrogens with two attached hydrogens (primary N) is 1. The molecule has 3 rings (SSSR count). The highest BCUT2D eigenvalue weighted by Gasteiger charge is 2.37. The number of nitrogens with zero attached hydrogens (tertiary/aromatic N) is 4. The molecule has 7 heteroatoms. The predicted octanol–water partition coefficient (Wildman–Crippen LogP) is 0.358. The minimum Gasteiger partial charge on any atom is -0.386 e. The minimum atomic E-state index is -0.755. The molecule has 1 aliphatic heterocycles. The lowest BCUT2D eigenvalue weighted by molar-refractivity contribution is 0.620. The van der Waals surface area contributed by atoms with Crippen molar-refractivity contribution in [3.05, 3.63) is 62.3 Å². The SMILES string of the molecule is Cn1c2c(c(=O)n(C)c1=O)[C@@H](c1ccccc1)[C@@H](C#N)C(N)=N2. The van der Waals surface area contributed by atoms with Gasteiger partial charge in [-0.25, -0.2) is 9.79 Å². The lowest BCUT2D eigenvalue weighted by atomic mass is 9.79. The van der Waals surface area contributed by atoms with Gasteiger partial charge in [0.1, 0.15) is 17.6 Å². The molecule has 2 atom stereocenters. The van der Waals surface area contributed by atoms with Crippen LogP contribution in [0.1, 0.15) is 17.0 Å². The van der Waals surface area contributed by atoms with Crippen molar-refractivity contribution in [3.8, 4) is 6.07 Å². The van der Waals surface area contributed by atoms with E-state index < -0.39 is 23.1 Å². The van der Waals surface area contributed by atoms with Crippen LogP contribution in [0.5, 0.6) is 0 Å². The lowest BCUT2D eigenvalue weighted by Crippen LogP contribution is -2.43. The Labute approximate surface area is 131 Å². The number of rotatable bonds is 1. The van der Waals surface area contributed by atoms with E-state index in [4.69, 9.17) is 5.73 Å². The Morgan fingerprint density at radius 1 is 1.17 bits per heavy atom. The molecule has 23 heavy (non-hydrogen) atoms. The van der Waals surface area contributed by atoms with Crippen LogP contribution >= 0.6 is 0 Å². The zero-order valence-corrected chi connectivity index (χ0v) is 12.7. The first kappa shape index (κ1) is 14.8. The molecule has 0 aliphatic carbocycles. The molecular formula is C16H15N5O2. The molecule has 2 heterocycles. The Kier molecular flexibility index (Phi) is 3.37. The molecule has 7 nitrogen and oxygen atoms in total. The Hall–Kier alpha value is -3.14. The Bertz CT molecular complexity index is 963. The molecule has 0 bridgehead atoms. The topological polar surface area (TPSA) is 106 Å². The van der Waals surface area contributed by atoms with Crippen LogP contribution in [0.25, 0.3) is 0 Å². The number of fused-ring (bicyclic) bond motifs is 1. The van der Waals surface area contributed by atoms with Crippen LogP contribution in [-0.2, 0) is 14.1 Å². The third-order valence-electron chi connectivity index (χ3n) is 4.16. The van der Waals surface area contributed by atoms with E-state index in [-0.39, 0.29) is 11.7 Å². The second kappa shape index (κ2) is 5.25. The summed E-state index contributed by atoms with van der Waals surface area (Å²) in [5.41, 5.74) is 6.12. The molecule has 116 valence electrons. The van der Waals surface area contributed by atoms with Gasteiger partial charge in [-0.2, -0.15) is 5.26 Å². The second-order valence-corrected chi connectivity index (χ2v) is 5.47. The maximum absolute atomic E-state index is 12.7. The fourth-order valence-electron chi connectivity index (χ4n) is 2.96. The summed E-state index contributed by atoms with van der Waals surface area (Å²) in [6.45, 7) is 0. The molecule has 2 N–H and O–H groups in total. The summed E-state index contributed by atoms with van der Waals surface area (Å²) in [6.07, 6.45) is 0. The molecule has 1 aromatic heterocycles. The van der Waals surface area contributed by atoms with Crippen LogP contribution < -0.4 is 17.0 Å². The monoisotopic (exact) mass is 309 g/mol. The Balaban J connectivity index is 2.44. The van der Waals surface area contributed by atoms with Gasteiger partial charge in [0.05, 0.1) is 11.6 Å². The van der Waals surface area contributed by atoms with Crippen molar-refractivity contribution >= 4 is 11.7 Å². The average molecular weight is 309 g/mol. The molecule has 0 radical (unpaired) electrons. The van der Waals surface area contributed by atoms with Gasteiger partial charge < -0.3 is 5.73 Å². The van der Waals surface area contributed by atoms with Gasteiger partial charge in [0.2, 0.25) is 0 Å². The maximum atomic E-state index is 12.7. The fourth-order valence-corrected chi connectivity index (χ4v) is 2.96. The minimum absolute atomic E-state index is 0.108. The average Bonchev–Trinajstić information content (AvgIpc) is 2.57. The molecule has 1 aromatic carbocycles. The van der Waals surface area contributed by atoms with Crippen molar-refractivity contribution in [2.45, 2.75) is 5.92 Å². The van der Waals surface area contributed by atoms with Gasteiger partial charge in [-0.1, -0.05) is 30.3 Å². The standard InChI is InChI=1S/C16H15N5O2/c1-20-14-12(15(22)21(2)16(20)23)11(9-6-4-3-5-7-9)10(8-17)13(18)19-14/h3-7,10-11H,1-2H3,(H2,18,19)/t10-,11+/m1/s1. The summed E-state index contributed by atoms with van der Waals surface area (Å²) in [6, 6.07) is 11.3. The van der Waals surface area contributed by atoms with Gasteiger partial charge in [-0.15, -0.1) is 0 Å². The molecule has 0 spiro atoms. The molecule has 0 saturated heterocycles. The predicted molar refractivity (Wildman–Crippen MR) is 85.6 cm³/mol. The van der Waals surface area contributed by atoms with Gasteiger partial charge in [-0.3, -0.25) is 13.9 Å². The summed E-state index contributed by atoms with van der Waals surface area (Å²) in [7, 11) is 2.95. The highest BCUT2D eigenvalue weighted by Crippen LogP contribution is 2.38. The molecule has 0 unspecified atom stereocenters. The van der Waals surface area contributed by atoms with E-state index in [0.29, 0.717) is 5.56 Å². The van der Waals surface area contributed by atoms with Crippen molar-refractivity contribution in [1.29, 1.82) is 5.26 Å². The van der Waals surface area contributed by atoms with Gasteiger partial charge in [-0.05, 0) is 5.56 Å². The Morgan fingerprint density at radius 3 is 2.43 bits per heavy atom. The quantitative estimate of drug-likeness (QED) is 0.820. The van der Waals surface area contributed by atoms with Crippen molar-refractivity contribution in [3.63, 3.8) is 0 Å². The maximum Gasteiger partial charge on any atom is 0.332 e. The first-order chi connectivity index (χ1) is 11.0. The first-order valence-electron chi connectivity index (χ1n) is 7.06. The van der Waals surface area contributed by atoms with Crippen LogP contribution in [-0.4, -0.2) is 15.0 Å². The molecule has 1 aliphatic rings. The molecule has 0 saturated carbocycles.